The summed E-state index contributed by atoms with van der Waals surface area (Å²) in [6, 6.07) is 8.10. The third-order valence-corrected chi connectivity index (χ3v) is 4.26. The van der Waals surface area contributed by atoms with Gasteiger partial charge in [-0.2, -0.15) is 0 Å². The standard InChI is InChI=1S/C12H11BrN2OS2/c13-10-3-1-2-9(6-10)7-17-8-11(16)15-12-14-4-5-18-12/h1-6H,7-8H2,(H,14,15,16). The zero-order chi connectivity index (χ0) is 12.8. The van der Waals surface area contributed by atoms with Crippen LogP contribution >= 0.6 is 39.0 Å². The molecular formula is C12H11BrN2OS2. The van der Waals surface area contributed by atoms with Gasteiger partial charge in [-0.25, -0.2) is 4.98 Å². The van der Waals surface area contributed by atoms with E-state index in [1.165, 1.54) is 16.9 Å². The lowest BCUT2D eigenvalue weighted by Crippen LogP contribution is -2.13. The number of halogens is 1. The van der Waals surface area contributed by atoms with Crippen molar-refractivity contribution in [2.24, 2.45) is 0 Å². The van der Waals surface area contributed by atoms with Crippen molar-refractivity contribution in [3.05, 3.63) is 45.9 Å². The minimum absolute atomic E-state index is 0.00931. The highest BCUT2D eigenvalue weighted by Gasteiger charge is 2.04. The van der Waals surface area contributed by atoms with Gasteiger partial charge in [-0.05, 0) is 17.7 Å². The molecule has 0 aliphatic carbocycles. The molecule has 0 aliphatic heterocycles. The predicted molar refractivity (Wildman–Crippen MR) is 81.0 cm³/mol. The fraction of sp³-hybridized carbons (Fsp3) is 0.167. The van der Waals surface area contributed by atoms with Gasteiger partial charge in [0, 0.05) is 21.8 Å². The molecule has 2 rings (SSSR count). The maximum absolute atomic E-state index is 11.6. The van der Waals surface area contributed by atoms with Crippen molar-refractivity contribution in [2.75, 3.05) is 11.1 Å². The Morgan fingerprint density at radius 3 is 3.11 bits per heavy atom. The number of rotatable bonds is 5. The Bertz CT molecular complexity index is 517. The first-order valence-corrected chi connectivity index (χ1v) is 8.08. The molecular weight excluding hydrogens is 332 g/mol. The van der Waals surface area contributed by atoms with Gasteiger partial charge in [0.05, 0.1) is 5.75 Å². The van der Waals surface area contributed by atoms with Crippen molar-refractivity contribution in [3.63, 3.8) is 0 Å². The van der Waals surface area contributed by atoms with E-state index in [1.54, 1.807) is 18.0 Å². The van der Waals surface area contributed by atoms with Gasteiger partial charge >= 0.3 is 0 Å². The molecule has 0 aliphatic rings. The van der Waals surface area contributed by atoms with E-state index in [2.05, 4.69) is 38.4 Å². The van der Waals surface area contributed by atoms with E-state index >= 15 is 0 Å². The molecule has 1 aromatic heterocycles. The maximum Gasteiger partial charge on any atom is 0.236 e. The first-order chi connectivity index (χ1) is 8.74. The van der Waals surface area contributed by atoms with Crippen LogP contribution in [0.25, 0.3) is 0 Å². The average molecular weight is 343 g/mol. The van der Waals surface area contributed by atoms with Crippen LogP contribution in [0.15, 0.2) is 40.3 Å². The summed E-state index contributed by atoms with van der Waals surface area (Å²) in [5.41, 5.74) is 1.21. The van der Waals surface area contributed by atoms with Crippen molar-refractivity contribution < 1.29 is 4.79 Å². The number of benzene rings is 1. The average Bonchev–Trinajstić information content (AvgIpc) is 2.82. The SMILES string of the molecule is O=C(CSCc1cccc(Br)c1)Nc1nccs1. The molecule has 0 unspecified atom stereocenters. The van der Waals surface area contributed by atoms with Gasteiger partial charge in [-0.1, -0.05) is 28.1 Å². The lowest BCUT2D eigenvalue weighted by Gasteiger charge is -2.03. The molecule has 0 radical (unpaired) electrons. The van der Waals surface area contributed by atoms with Crippen LogP contribution in [0, 0.1) is 0 Å². The first-order valence-electron chi connectivity index (χ1n) is 5.25. The second-order valence-corrected chi connectivity index (χ2v) is 6.30. The summed E-state index contributed by atoms with van der Waals surface area (Å²) < 4.78 is 1.06. The molecule has 0 fully saturated rings. The molecule has 0 saturated carbocycles. The normalized spacial score (nSPS) is 10.3. The summed E-state index contributed by atoms with van der Waals surface area (Å²) in [6.45, 7) is 0. The zero-order valence-electron chi connectivity index (χ0n) is 9.43. The number of aromatic nitrogens is 1. The lowest BCUT2D eigenvalue weighted by atomic mass is 10.2. The number of carbonyl (C=O) groups excluding carboxylic acids is 1. The van der Waals surface area contributed by atoms with E-state index in [0.29, 0.717) is 10.9 Å². The topological polar surface area (TPSA) is 42.0 Å². The number of hydrogen-bond acceptors (Lipinski definition) is 4. The van der Waals surface area contributed by atoms with E-state index in [4.69, 9.17) is 0 Å². The number of anilines is 1. The number of carbonyl (C=O) groups is 1. The quantitative estimate of drug-likeness (QED) is 0.898. The summed E-state index contributed by atoms with van der Waals surface area (Å²) >= 11 is 6.44. The summed E-state index contributed by atoms with van der Waals surface area (Å²) in [4.78, 5) is 15.6. The number of nitrogens with one attached hydrogen (secondary N) is 1. The zero-order valence-corrected chi connectivity index (χ0v) is 12.6. The van der Waals surface area contributed by atoms with Crippen LogP contribution < -0.4 is 5.32 Å². The maximum atomic E-state index is 11.6. The second kappa shape index (κ2) is 6.92. The van der Waals surface area contributed by atoms with E-state index < -0.39 is 0 Å². The molecule has 0 spiro atoms. The van der Waals surface area contributed by atoms with Crippen molar-refractivity contribution in [1.29, 1.82) is 0 Å². The van der Waals surface area contributed by atoms with Crippen LogP contribution in [0.4, 0.5) is 5.13 Å². The molecule has 6 heteroatoms. The van der Waals surface area contributed by atoms with Crippen molar-refractivity contribution >= 4 is 50.1 Å². The van der Waals surface area contributed by atoms with Crippen LogP contribution in [0.5, 0.6) is 0 Å². The van der Waals surface area contributed by atoms with Crippen LogP contribution in [0.1, 0.15) is 5.56 Å². The van der Waals surface area contributed by atoms with Crippen LogP contribution in [0.3, 0.4) is 0 Å². The van der Waals surface area contributed by atoms with E-state index in [1.807, 2.05) is 17.5 Å². The highest BCUT2D eigenvalue weighted by atomic mass is 79.9. The number of thiazole rings is 1. The first kappa shape index (κ1) is 13.6. The Morgan fingerprint density at radius 1 is 1.50 bits per heavy atom. The number of nitrogens with zero attached hydrogens (tertiary/aromatic N) is 1. The van der Waals surface area contributed by atoms with Crippen LogP contribution in [0.2, 0.25) is 0 Å². The fourth-order valence-electron chi connectivity index (χ4n) is 1.33. The van der Waals surface area contributed by atoms with Gasteiger partial charge in [-0.15, -0.1) is 23.1 Å². The Hall–Kier alpha value is -0.850. The minimum atomic E-state index is -0.00931. The lowest BCUT2D eigenvalue weighted by molar-refractivity contribution is -0.113. The van der Waals surface area contributed by atoms with Crippen molar-refractivity contribution in [3.8, 4) is 0 Å². The largest absolute Gasteiger partial charge is 0.301 e. The van der Waals surface area contributed by atoms with Gasteiger partial charge in [0.1, 0.15) is 0 Å². The molecule has 0 atom stereocenters. The summed E-state index contributed by atoms with van der Waals surface area (Å²) in [6.07, 6.45) is 1.68. The monoisotopic (exact) mass is 342 g/mol. The van der Waals surface area contributed by atoms with E-state index in [0.717, 1.165) is 10.2 Å². The number of hydrogen-bond donors (Lipinski definition) is 1. The third kappa shape index (κ3) is 4.44. The molecule has 18 heavy (non-hydrogen) atoms. The highest BCUT2D eigenvalue weighted by molar-refractivity contribution is 9.10. The molecule has 94 valence electrons. The Labute approximate surface area is 122 Å². The van der Waals surface area contributed by atoms with Crippen LogP contribution in [-0.4, -0.2) is 16.6 Å². The Balaban J connectivity index is 1.73. The van der Waals surface area contributed by atoms with E-state index in [-0.39, 0.29) is 5.91 Å². The van der Waals surface area contributed by atoms with Gasteiger partial charge in [0.2, 0.25) is 5.91 Å². The number of amides is 1. The molecule has 1 N–H and O–H groups in total. The predicted octanol–water partition coefficient (Wildman–Crippen LogP) is 3.78. The summed E-state index contributed by atoms with van der Waals surface area (Å²) in [5, 5.41) is 5.25. The molecule has 1 amide bonds. The summed E-state index contributed by atoms with van der Waals surface area (Å²) in [7, 11) is 0. The smallest absolute Gasteiger partial charge is 0.236 e. The molecule has 1 aromatic carbocycles. The van der Waals surface area contributed by atoms with Crippen LogP contribution in [-0.2, 0) is 10.5 Å². The van der Waals surface area contributed by atoms with Gasteiger partial charge in [-0.3, -0.25) is 4.79 Å². The third-order valence-electron chi connectivity index (χ3n) is 2.07. The molecule has 3 nitrogen and oxygen atoms in total. The molecule has 1 heterocycles. The minimum Gasteiger partial charge on any atom is -0.301 e. The van der Waals surface area contributed by atoms with Crippen molar-refractivity contribution in [1.82, 2.24) is 4.98 Å². The van der Waals surface area contributed by atoms with E-state index in [9.17, 15) is 4.79 Å². The molecule has 2 aromatic rings. The highest BCUT2D eigenvalue weighted by Crippen LogP contribution is 2.17. The molecule has 0 saturated heterocycles. The second-order valence-electron chi connectivity index (χ2n) is 3.51. The number of thioether (sulfide) groups is 1. The van der Waals surface area contributed by atoms with Gasteiger partial charge in [0.15, 0.2) is 5.13 Å². The Morgan fingerprint density at radius 2 is 2.39 bits per heavy atom. The Kier molecular flexibility index (Phi) is 5.22. The summed E-state index contributed by atoms with van der Waals surface area (Å²) in [5.74, 6) is 1.25. The molecule has 0 bridgehead atoms. The van der Waals surface area contributed by atoms with Gasteiger partial charge < -0.3 is 5.32 Å². The van der Waals surface area contributed by atoms with Gasteiger partial charge in [0.25, 0.3) is 0 Å². The fourth-order valence-corrected chi connectivity index (χ4v) is 3.10. The van der Waals surface area contributed by atoms with Crippen molar-refractivity contribution in [2.45, 2.75) is 5.75 Å².